The van der Waals surface area contributed by atoms with E-state index in [9.17, 15) is 10.2 Å². The van der Waals surface area contributed by atoms with Crippen LogP contribution in [-0.2, 0) is 29.8 Å². The molecule has 2 aliphatic rings. The lowest BCUT2D eigenvalue weighted by Gasteiger charge is -2.44. The molecule has 0 aliphatic carbocycles. The topological polar surface area (TPSA) is 77.4 Å². The molecular formula is C43H68O6. The predicted molar refractivity (Wildman–Crippen MR) is 200 cm³/mol. The van der Waals surface area contributed by atoms with Crippen LogP contribution >= 0.6 is 0 Å². The van der Waals surface area contributed by atoms with Crippen molar-refractivity contribution in [3.8, 4) is 11.5 Å². The summed E-state index contributed by atoms with van der Waals surface area (Å²) < 4.78 is 25.3. The molecule has 6 nitrogen and oxygen atoms in total. The first kappa shape index (κ1) is 39.7. The highest BCUT2D eigenvalue weighted by atomic mass is 16.7. The summed E-state index contributed by atoms with van der Waals surface area (Å²) in [5.74, 6) is 1.22. The summed E-state index contributed by atoms with van der Waals surface area (Å²) in [5.41, 5.74) is 5.94. The van der Waals surface area contributed by atoms with Crippen molar-refractivity contribution in [2.75, 3.05) is 26.4 Å². The number of aryl methyl sites for hydroxylation is 2. The molecular weight excluding hydrogens is 612 g/mol. The molecule has 2 aromatic carbocycles. The monoisotopic (exact) mass is 681 g/mol. The zero-order valence-corrected chi connectivity index (χ0v) is 33.3. The molecule has 2 saturated heterocycles. The summed E-state index contributed by atoms with van der Waals surface area (Å²) in [6.07, 6.45) is 2.82. The lowest BCUT2D eigenvalue weighted by molar-refractivity contribution is -0.304. The van der Waals surface area contributed by atoms with E-state index in [1.807, 2.05) is 13.8 Å². The zero-order valence-electron chi connectivity index (χ0n) is 33.3. The first-order valence-corrected chi connectivity index (χ1v) is 18.5. The number of hydrogen-bond donors (Lipinski definition) is 2. The van der Waals surface area contributed by atoms with E-state index in [4.69, 9.17) is 18.9 Å². The van der Waals surface area contributed by atoms with Crippen LogP contribution < -0.4 is 0 Å². The Hall–Kier alpha value is -2.12. The van der Waals surface area contributed by atoms with Crippen molar-refractivity contribution in [2.45, 2.75) is 158 Å². The fraction of sp³-hybridized carbons (Fsp3) is 0.721. The first-order valence-electron chi connectivity index (χ1n) is 18.5. The van der Waals surface area contributed by atoms with Gasteiger partial charge in [-0.05, 0) is 82.4 Å². The van der Waals surface area contributed by atoms with Gasteiger partial charge in [0.2, 0.25) is 0 Å². The second-order valence-corrected chi connectivity index (χ2v) is 19.6. The highest BCUT2D eigenvalue weighted by molar-refractivity contribution is 5.48. The number of phenols is 2. The highest BCUT2D eigenvalue weighted by Crippen LogP contribution is 2.45. The summed E-state index contributed by atoms with van der Waals surface area (Å²) in [6.45, 7) is 33.0. The van der Waals surface area contributed by atoms with E-state index in [0.717, 1.165) is 47.9 Å². The number of rotatable bonds is 10. The van der Waals surface area contributed by atoms with E-state index in [1.54, 1.807) is 0 Å². The van der Waals surface area contributed by atoms with E-state index in [0.29, 0.717) is 37.9 Å². The molecule has 2 aromatic rings. The van der Waals surface area contributed by atoms with E-state index in [2.05, 4.69) is 107 Å². The predicted octanol–water partition coefficient (Wildman–Crippen LogP) is 10.6. The molecule has 1 spiro atoms. The van der Waals surface area contributed by atoms with Gasteiger partial charge in [0, 0.05) is 24.0 Å². The minimum atomic E-state index is -0.308. The van der Waals surface area contributed by atoms with Crippen LogP contribution in [0.2, 0.25) is 0 Å². The minimum absolute atomic E-state index is 0.148. The maximum atomic E-state index is 11.0. The SMILES string of the molecule is Cc1cc(C(C)CC2OCC3(CO2)COC(CC(C)c2cc(C)c(O)c(C(C)(C)CC(C)(C)C)c2)OC3)cc(C(C)(C)CC(C)(C)C)c1O. The van der Waals surface area contributed by atoms with E-state index >= 15 is 0 Å². The van der Waals surface area contributed by atoms with Gasteiger partial charge in [-0.3, -0.25) is 0 Å². The van der Waals surface area contributed by atoms with Gasteiger partial charge in [0.1, 0.15) is 11.5 Å². The molecule has 2 unspecified atom stereocenters. The number of benzene rings is 2. The smallest absolute Gasteiger partial charge is 0.158 e. The first-order chi connectivity index (χ1) is 22.4. The molecule has 2 fully saturated rings. The normalized spacial score (nSPS) is 23.9. The van der Waals surface area contributed by atoms with Gasteiger partial charge >= 0.3 is 0 Å². The van der Waals surface area contributed by atoms with Gasteiger partial charge in [0.25, 0.3) is 0 Å². The van der Waals surface area contributed by atoms with Crippen molar-refractivity contribution >= 4 is 0 Å². The second kappa shape index (κ2) is 14.5. The van der Waals surface area contributed by atoms with Gasteiger partial charge in [0.15, 0.2) is 12.6 Å². The average molecular weight is 681 g/mol. The molecule has 276 valence electrons. The molecule has 0 saturated carbocycles. The number of phenolic OH excluding ortho intramolecular Hbond substituents is 2. The zero-order chi connectivity index (χ0) is 36.7. The molecule has 0 bridgehead atoms. The van der Waals surface area contributed by atoms with Gasteiger partial charge in [-0.15, -0.1) is 0 Å². The Morgan fingerprint density at radius 2 is 0.898 bits per heavy atom. The summed E-state index contributed by atoms with van der Waals surface area (Å²) in [6, 6.07) is 8.61. The lowest BCUT2D eigenvalue weighted by Crippen LogP contribution is -2.52. The van der Waals surface area contributed by atoms with Gasteiger partial charge in [0.05, 0.1) is 31.8 Å². The van der Waals surface area contributed by atoms with Crippen molar-refractivity contribution < 1.29 is 29.2 Å². The average Bonchev–Trinajstić information content (AvgIpc) is 2.95. The Labute approximate surface area is 298 Å². The summed E-state index contributed by atoms with van der Waals surface area (Å²) in [7, 11) is 0. The Kier molecular flexibility index (Phi) is 11.7. The molecule has 0 aromatic heterocycles. The van der Waals surface area contributed by atoms with Crippen molar-refractivity contribution in [3.05, 3.63) is 57.6 Å². The maximum absolute atomic E-state index is 11.0. The van der Waals surface area contributed by atoms with Gasteiger partial charge in [-0.2, -0.15) is 0 Å². The van der Waals surface area contributed by atoms with Crippen LogP contribution in [0.5, 0.6) is 11.5 Å². The van der Waals surface area contributed by atoms with Crippen LogP contribution in [0.3, 0.4) is 0 Å². The Morgan fingerprint density at radius 3 is 1.18 bits per heavy atom. The molecule has 6 heteroatoms. The summed E-state index contributed by atoms with van der Waals surface area (Å²) in [4.78, 5) is 0. The highest BCUT2D eigenvalue weighted by Gasteiger charge is 2.43. The van der Waals surface area contributed by atoms with Gasteiger partial charge < -0.3 is 29.2 Å². The second-order valence-electron chi connectivity index (χ2n) is 19.6. The molecule has 0 amide bonds. The summed E-state index contributed by atoms with van der Waals surface area (Å²) in [5, 5.41) is 22.1. The summed E-state index contributed by atoms with van der Waals surface area (Å²) >= 11 is 0. The van der Waals surface area contributed by atoms with Crippen LogP contribution in [-0.4, -0.2) is 49.2 Å². The largest absolute Gasteiger partial charge is 0.507 e. The standard InChI is InChI=1S/C43H68O6/c1-27(31-15-29(3)37(44)33(19-31)41(11,12)21-39(5,6)7)17-35-46-23-43(24-47-35)25-48-36(49-26-43)18-28(2)32-16-30(4)38(45)34(20-32)42(13,14)22-40(8,9)10/h15-16,19-20,27-28,35-36,44-45H,17-18,21-26H2,1-14H3. The molecule has 2 heterocycles. The third-order valence-electron chi connectivity index (χ3n) is 10.6. The Balaban J connectivity index is 1.33. The fourth-order valence-electron chi connectivity index (χ4n) is 8.60. The molecule has 2 N–H and O–H groups in total. The van der Waals surface area contributed by atoms with Crippen molar-refractivity contribution in [2.24, 2.45) is 16.2 Å². The maximum Gasteiger partial charge on any atom is 0.158 e. The van der Waals surface area contributed by atoms with Crippen molar-refractivity contribution in [1.82, 2.24) is 0 Å². The molecule has 0 radical (unpaired) electrons. The number of aromatic hydroxyl groups is 2. The van der Waals surface area contributed by atoms with Crippen LogP contribution in [0.4, 0.5) is 0 Å². The van der Waals surface area contributed by atoms with E-state index in [1.165, 1.54) is 11.1 Å². The van der Waals surface area contributed by atoms with Gasteiger partial charge in [-0.1, -0.05) is 107 Å². The molecule has 49 heavy (non-hydrogen) atoms. The van der Waals surface area contributed by atoms with Crippen LogP contribution in [0, 0.1) is 30.1 Å². The number of hydrogen-bond acceptors (Lipinski definition) is 6. The van der Waals surface area contributed by atoms with E-state index < -0.39 is 0 Å². The van der Waals surface area contributed by atoms with Gasteiger partial charge in [-0.25, -0.2) is 0 Å². The van der Waals surface area contributed by atoms with Crippen molar-refractivity contribution in [1.29, 1.82) is 0 Å². The third-order valence-corrected chi connectivity index (χ3v) is 10.6. The lowest BCUT2D eigenvalue weighted by atomic mass is 9.71. The fourth-order valence-corrected chi connectivity index (χ4v) is 8.60. The molecule has 2 atom stereocenters. The van der Waals surface area contributed by atoms with Crippen molar-refractivity contribution in [3.63, 3.8) is 0 Å². The third kappa shape index (κ3) is 10.0. The Morgan fingerprint density at radius 1 is 0.592 bits per heavy atom. The van der Waals surface area contributed by atoms with Crippen LogP contribution in [0.25, 0.3) is 0 Å². The van der Waals surface area contributed by atoms with Crippen LogP contribution in [0.15, 0.2) is 24.3 Å². The quantitative estimate of drug-likeness (QED) is 0.260. The van der Waals surface area contributed by atoms with E-state index in [-0.39, 0.29) is 51.5 Å². The van der Waals surface area contributed by atoms with Crippen LogP contribution in [0.1, 0.15) is 154 Å². The molecule has 2 aliphatic heterocycles. The Bertz CT molecular complexity index is 1310. The molecule has 4 rings (SSSR count). The number of ether oxygens (including phenoxy) is 4. The minimum Gasteiger partial charge on any atom is -0.507 e.